The van der Waals surface area contributed by atoms with Crippen molar-refractivity contribution >= 4 is 72.8 Å². The van der Waals surface area contributed by atoms with Crippen LogP contribution in [0.1, 0.15) is 108 Å². The standard InChI is InChI=1S/C76H114IN3O27S3/c1-11-80(26-19-27-94-29-31-96-33-35-98-37-38-99-36-34-97-32-30-95-28-25-78)52-44-100-58(42-56(52)89-6)105-70-65(85)63(46(3)102-75(70)104-55-22-17-12-13-18-24-76(88)43-54(82)50(40-57(83)90-7)61(55)51(76)23-39-108-110-49-20-15-14-16-21-49)79-107-59-41-53(81)72(48(5)101-59)109-73(87)60-45(2)62(77)68(71(93-10)67(60)91-8)106-74-66(86)69(92-9)64(84)47(4)103-74/h12-13,23,46-49,52-53,55-56,58-59,63-66,69-70,72,74-75,79,81,84-86,88H,11,14-16,19-21,25-44,78H2,1-10H3/b13-12-,51-23+/t46-,47+,48-,52+,53+,55+,56+,58+,59+,63-,64+,65+,66-,69-,70-,72-,74+,75+,76+/m1/s1. The number of thioether (sulfide) groups is 1. The van der Waals surface area contributed by atoms with Gasteiger partial charge in [0.05, 0.1) is 170 Å². The molecule has 0 amide bonds. The van der Waals surface area contributed by atoms with Crippen LogP contribution in [0.4, 0.5) is 0 Å². The number of hydrogen-bond donors (Lipinski definition) is 7. The molecule has 5 fully saturated rings. The SMILES string of the molecule is CCN(CCCOCCOCCOCCOCCOCCOCCN)[C@H]1CO[C@@H](O[C@H]2[C@H](O[C@H]3C#C/C=C\C#C[C@]4(O)CC(=O)C(CC(=O)OC)=C3/C4=C\CSSC3CCCCC3)O[C@H](C)[C@@H](NO[C@H]3C[C@H](O)[C@H](SC(=O)c4c(C)c(I)c(O[C@@H]5O[C@@H](C)[C@H](O)[C@@H](OC)[C@H]5O)c(OC)c4OC)[C@@H](C)O3)[C@@H]2O)C[C@@H]1OC. The number of nitrogens with two attached hydrogens (primary N) is 1. The van der Waals surface area contributed by atoms with E-state index in [0.29, 0.717) is 125 Å². The summed E-state index contributed by atoms with van der Waals surface area (Å²) in [7, 11) is 10.3. The first-order valence-corrected chi connectivity index (χ1v) is 42.0. The highest BCUT2D eigenvalue weighted by Gasteiger charge is 2.52. The van der Waals surface area contributed by atoms with Gasteiger partial charge >= 0.3 is 5.97 Å². The Morgan fingerprint density at radius 3 is 2.02 bits per heavy atom. The molecular formula is C76H114IN3O27S3. The summed E-state index contributed by atoms with van der Waals surface area (Å²) in [4.78, 5) is 51.0. The average molecular weight is 1720 g/mol. The molecule has 110 heavy (non-hydrogen) atoms. The average Bonchev–Trinajstić information content (AvgIpc) is 0.754. The maximum Gasteiger partial charge on any atom is 0.310 e. The Morgan fingerprint density at radius 2 is 1.40 bits per heavy atom. The number of likely N-dealkylation sites (N-methyl/N-ethyl adjacent to an activating group) is 1. The van der Waals surface area contributed by atoms with Crippen molar-refractivity contribution in [3.63, 3.8) is 0 Å². The van der Waals surface area contributed by atoms with E-state index in [9.17, 15) is 39.9 Å². The summed E-state index contributed by atoms with van der Waals surface area (Å²) in [6.45, 7) is 16.1. The lowest BCUT2D eigenvalue weighted by Gasteiger charge is -2.47. The topological polar surface area (TPSA) is 369 Å². The predicted octanol–water partition coefficient (Wildman–Crippen LogP) is 4.66. The fraction of sp³-hybridized carbons (Fsp3) is 0.750. The van der Waals surface area contributed by atoms with Crippen molar-refractivity contribution in [1.82, 2.24) is 10.4 Å². The molecule has 19 atom stereocenters. The third-order valence-corrected chi connectivity index (χ3v) is 25.4. The van der Waals surface area contributed by atoms with Crippen LogP contribution >= 0.6 is 55.9 Å². The number of ketones is 1. The summed E-state index contributed by atoms with van der Waals surface area (Å²) in [5, 5.41) is 58.4. The van der Waals surface area contributed by atoms with Crippen molar-refractivity contribution in [2.45, 2.75) is 219 Å². The van der Waals surface area contributed by atoms with E-state index < -0.39 is 139 Å². The third-order valence-electron chi connectivity index (χ3n) is 19.9. The monoisotopic (exact) mass is 1720 g/mol. The van der Waals surface area contributed by atoms with Crippen molar-refractivity contribution in [2.75, 3.05) is 147 Å². The lowest BCUT2D eigenvalue weighted by Crippen LogP contribution is -2.65. The van der Waals surface area contributed by atoms with Gasteiger partial charge in [0.15, 0.2) is 41.8 Å². The zero-order valence-electron chi connectivity index (χ0n) is 64.6. The number of methoxy groups -OCH3 is 5. The predicted molar refractivity (Wildman–Crippen MR) is 416 cm³/mol. The number of nitrogens with zero attached hydrogens (tertiary/aromatic N) is 1. The van der Waals surface area contributed by atoms with Crippen LogP contribution in [0.2, 0.25) is 0 Å². The zero-order chi connectivity index (χ0) is 79.3. The number of aliphatic hydroxyl groups is 5. The molecule has 4 aliphatic heterocycles. The minimum absolute atomic E-state index is 0.00449. The molecule has 0 aromatic heterocycles. The summed E-state index contributed by atoms with van der Waals surface area (Å²) >= 11 is 2.84. The zero-order valence-corrected chi connectivity index (χ0v) is 69.2. The van der Waals surface area contributed by atoms with E-state index in [-0.39, 0.29) is 65.0 Å². The number of carbonyl (C=O) groups is 3. The molecule has 620 valence electrons. The summed E-state index contributed by atoms with van der Waals surface area (Å²) in [5.74, 6) is 11.1. The number of rotatable bonds is 44. The van der Waals surface area contributed by atoms with Crippen LogP contribution in [-0.4, -0.2) is 315 Å². The highest BCUT2D eigenvalue weighted by molar-refractivity contribution is 14.1. The largest absolute Gasteiger partial charge is 0.492 e. The number of aliphatic hydroxyl groups excluding tert-OH is 4. The number of halogens is 1. The van der Waals surface area contributed by atoms with Crippen LogP contribution in [0.25, 0.3) is 0 Å². The van der Waals surface area contributed by atoms with Crippen LogP contribution < -0.4 is 25.4 Å². The van der Waals surface area contributed by atoms with Crippen molar-refractivity contribution in [2.24, 2.45) is 5.73 Å². The molecule has 30 nitrogen and oxygen atoms in total. The van der Waals surface area contributed by atoms with Gasteiger partial charge in [0.25, 0.3) is 0 Å². The van der Waals surface area contributed by atoms with E-state index in [2.05, 4.69) is 41.0 Å². The van der Waals surface area contributed by atoms with Crippen molar-refractivity contribution in [3.05, 3.63) is 49.6 Å². The summed E-state index contributed by atoms with van der Waals surface area (Å²) < 4.78 is 108. The molecule has 0 unspecified atom stereocenters. The van der Waals surface area contributed by atoms with Crippen LogP contribution in [0, 0.1) is 34.2 Å². The maximum atomic E-state index is 14.6. The minimum atomic E-state index is -2.04. The van der Waals surface area contributed by atoms with Gasteiger partial charge in [-0.1, -0.05) is 89.3 Å². The Labute approximate surface area is 671 Å². The number of nitrogens with one attached hydrogen (secondary N) is 1. The molecule has 8 rings (SSSR count). The molecule has 1 aromatic carbocycles. The van der Waals surface area contributed by atoms with Gasteiger partial charge in [0.1, 0.15) is 36.6 Å². The molecule has 0 spiro atoms. The van der Waals surface area contributed by atoms with Crippen molar-refractivity contribution < 1.29 is 130 Å². The van der Waals surface area contributed by atoms with Gasteiger partial charge < -0.3 is 117 Å². The van der Waals surface area contributed by atoms with Crippen molar-refractivity contribution in [1.29, 1.82) is 0 Å². The molecule has 8 N–H and O–H groups in total. The van der Waals surface area contributed by atoms with Gasteiger partial charge in [-0.2, -0.15) is 5.48 Å². The molecule has 4 heterocycles. The van der Waals surface area contributed by atoms with E-state index >= 15 is 0 Å². The van der Waals surface area contributed by atoms with E-state index in [0.717, 1.165) is 37.4 Å². The number of allylic oxidation sites excluding steroid dienone is 2. The van der Waals surface area contributed by atoms with Crippen LogP contribution in [0.3, 0.4) is 0 Å². The number of hydrogen-bond acceptors (Lipinski definition) is 33. The second-order valence-electron chi connectivity index (χ2n) is 27.3. The van der Waals surface area contributed by atoms with Crippen molar-refractivity contribution in [3.8, 4) is 40.9 Å². The number of ether oxygens (including phenoxy) is 18. The Kier molecular flexibility index (Phi) is 40.0. The number of esters is 1. The highest BCUT2D eigenvalue weighted by Crippen LogP contribution is 2.50. The fourth-order valence-electron chi connectivity index (χ4n) is 14.0. The summed E-state index contributed by atoms with van der Waals surface area (Å²) in [5.41, 5.74) is 7.24. The van der Waals surface area contributed by atoms with Gasteiger partial charge in [-0.25, -0.2) is 0 Å². The fourth-order valence-corrected chi connectivity index (χ4v) is 18.4. The molecule has 3 aliphatic carbocycles. The lowest BCUT2D eigenvalue weighted by atomic mass is 9.72. The number of Topliss-reactive ketones (excluding diaryl/α,β-unsaturated/α-hetero) is 1. The number of benzene rings is 1. The number of fused-ring (bicyclic) bond motifs is 2. The molecule has 0 radical (unpaired) electrons. The molecule has 1 saturated carbocycles. The molecular weight excluding hydrogens is 1610 g/mol. The van der Waals surface area contributed by atoms with Gasteiger partial charge in [-0.3, -0.25) is 24.1 Å². The Hall–Kier alpha value is -3.37. The number of carbonyl (C=O) groups excluding carboxylic acids is 3. The molecule has 4 saturated heterocycles. The van der Waals surface area contributed by atoms with E-state index in [1.807, 2.05) is 28.7 Å². The van der Waals surface area contributed by atoms with Gasteiger partial charge in [0.2, 0.25) is 17.2 Å². The second-order valence-corrected chi connectivity index (χ2v) is 32.2. The molecule has 34 heteroatoms. The van der Waals surface area contributed by atoms with Crippen LogP contribution in [-0.2, 0) is 85.5 Å². The van der Waals surface area contributed by atoms with Gasteiger partial charge in [-0.05, 0) is 93.8 Å². The first kappa shape index (κ1) is 92.1. The smallest absolute Gasteiger partial charge is 0.310 e. The number of hydroxylamine groups is 1. The lowest BCUT2D eigenvalue weighted by molar-refractivity contribution is -0.337. The first-order valence-electron chi connectivity index (χ1n) is 37.7. The molecule has 7 aliphatic rings. The normalized spacial score (nSPS) is 31.4. The van der Waals surface area contributed by atoms with Gasteiger partial charge in [-0.15, -0.1) is 0 Å². The van der Waals surface area contributed by atoms with Crippen LogP contribution in [0.15, 0.2) is 34.9 Å². The van der Waals surface area contributed by atoms with Gasteiger partial charge in [0, 0.05) is 74.5 Å². The van der Waals surface area contributed by atoms with Crippen LogP contribution in [0.5, 0.6) is 17.2 Å². The maximum absolute atomic E-state index is 14.6. The van der Waals surface area contributed by atoms with E-state index in [4.69, 9.17) is 95.8 Å². The van der Waals surface area contributed by atoms with E-state index in [1.54, 1.807) is 56.4 Å². The molecule has 2 bridgehead atoms. The Bertz CT molecular complexity index is 3270. The quantitative estimate of drug-likeness (QED) is 0.0117. The minimum Gasteiger partial charge on any atom is -0.492 e. The molecule has 1 aromatic rings. The van der Waals surface area contributed by atoms with E-state index in [1.165, 1.54) is 47.0 Å². The Morgan fingerprint density at radius 1 is 0.755 bits per heavy atom. The Balaban J connectivity index is 0.954. The first-order chi connectivity index (χ1) is 53.1. The third kappa shape index (κ3) is 25.8. The highest BCUT2D eigenvalue weighted by atomic mass is 127. The second kappa shape index (κ2) is 47.7. The summed E-state index contributed by atoms with van der Waals surface area (Å²) in [6, 6.07) is -1.34. The summed E-state index contributed by atoms with van der Waals surface area (Å²) in [6.07, 6.45) is -7.03.